The lowest BCUT2D eigenvalue weighted by Gasteiger charge is -2.28. The Morgan fingerprint density at radius 1 is 1.19 bits per heavy atom. The predicted octanol–water partition coefficient (Wildman–Crippen LogP) is 4.99. The molecule has 2 heterocycles. The lowest BCUT2D eigenvalue weighted by molar-refractivity contribution is -0.143. The van der Waals surface area contributed by atoms with Crippen molar-refractivity contribution in [2.75, 3.05) is 6.61 Å². The molecule has 0 saturated carbocycles. The third-order valence-corrected chi connectivity index (χ3v) is 5.71. The molecule has 1 atom stereocenters. The summed E-state index contributed by atoms with van der Waals surface area (Å²) in [5.41, 5.74) is 4.67. The van der Waals surface area contributed by atoms with Crippen LogP contribution in [0, 0.1) is 6.92 Å². The van der Waals surface area contributed by atoms with Gasteiger partial charge >= 0.3 is 12.0 Å². The van der Waals surface area contributed by atoms with E-state index in [0.29, 0.717) is 29.1 Å². The van der Waals surface area contributed by atoms with Crippen LogP contribution in [-0.4, -0.2) is 34.5 Å². The number of aryl methyl sites for hydroxylation is 1. The van der Waals surface area contributed by atoms with Crippen molar-refractivity contribution in [3.05, 3.63) is 89.8 Å². The molecule has 186 valence electrons. The molecule has 1 aliphatic heterocycles. The fraction of sp³-hybridized carbons (Fsp3) is 0.250. The maximum atomic E-state index is 13.1. The molecule has 0 radical (unpaired) electrons. The van der Waals surface area contributed by atoms with E-state index in [4.69, 9.17) is 14.6 Å². The molecule has 0 aliphatic carbocycles. The van der Waals surface area contributed by atoms with Crippen LogP contribution in [0.25, 0.3) is 16.9 Å². The van der Waals surface area contributed by atoms with E-state index in [2.05, 4.69) is 17.2 Å². The molecule has 8 nitrogen and oxygen atoms in total. The highest BCUT2D eigenvalue weighted by Crippen LogP contribution is 2.36. The first-order chi connectivity index (χ1) is 17.3. The van der Waals surface area contributed by atoms with Gasteiger partial charge in [0.15, 0.2) is 0 Å². The van der Waals surface area contributed by atoms with Gasteiger partial charge in [-0.1, -0.05) is 30.9 Å². The highest BCUT2D eigenvalue weighted by Gasteiger charge is 2.35. The first kappa shape index (κ1) is 24.8. The number of esters is 1. The number of urea groups is 1. The number of para-hydroxylation sites is 1. The molecule has 3 aromatic rings. The Kier molecular flexibility index (Phi) is 7.24. The molecular formula is C28H30N4O4. The number of allylic oxidation sites excluding steroid dienone is 1. The second-order valence-corrected chi connectivity index (χ2v) is 8.82. The minimum atomic E-state index is -0.755. The van der Waals surface area contributed by atoms with E-state index in [-0.39, 0.29) is 6.10 Å². The zero-order valence-electron chi connectivity index (χ0n) is 20.9. The van der Waals surface area contributed by atoms with Gasteiger partial charge in [-0.15, -0.1) is 0 Å². The molecular weight excluding hydrogens is 456 g/mol. The summed E-state index contributed by atoms with van der Waals surface area (Å²) in [7, 11) is 0. The molecule has 0 spiro atoms. The number of nitrogens with zero attached hydrogens (tertiary/aromatic N) is 2. The number of hydrogen-bond acceptors (Lipinski definition) is 5. The highest BCUT2D eigenvalue weighted by molar-refractivity contribution is 5.95. The van der Waals surface area contributed by atoms with Crippen LogP contribution in [0.1, 0.15) is 37.9 Å². The second-order valence-electron chi connectivity index (χ2n) is 8.82. The number of nitrogens with one attached hydrogen (secondary N) is 2. The molecule has 0 fully saturated rings. The molecule has 8 heteroatoms. The van der Waals surface area contributed by atoms with Gasteiger partial charge in [0.1, 0.15) is 12.4 Å². The Hall–Kier alpha value is -4.33. The first-order valence-corrected chi connectivity index (χ1v) is 11.8. The monoisotopic (exact) mass is 486 g/mol. The summed E-state index contributed by atoms with van der Waals surface area (Å²) in [6, 6.07) is 14.3. The van der Waals surface area contributed by atoms with E-state index < -0.39 is 18.0 Å². The van der Waals surface area contributed by atoms with E-state index >= 15 is 0 Å². The van der Waals surface area contributed by atoms with Gasteiger partial charge in [0.2, 0.25) is 0 Å². The van der Waals surface area contributed by atoms with Crippen LogP contribution in [0.5, 0.6) is 5.75 Å². The van der Waals surface area contributed by atoms with Crippen LogP contribution < -0.4 is 15.4 Å². The van der Waals surface area contributed by atoms with Crippen molar-refractivity contribution in [1.29, 1.82) is 0 Å². The maximum absolute atomic E-state index is 13.1. The van der Waals surface area contributed by atoms with E-state index in [1.807, 2.05) is 61.7 Å². The lowest BCUT2D eigenvalue weighted by Crippen LogP contribution is -2.45. The lowest BCUT2D eigenvalue weighted by atomic mass is 9.93. The Labute approximate surface area is 210 Å². The van der Waals surface area contributed by atoms with Crippen molar-refractivity contribution in [3.8, 4) is 22.7 Å². The predicted molar refractivity (Wildman–Crippen MR) is 138 cm³/mol. The van der Waals surface area contributed by atoms with Gasteiger partial charge in [-0.25, -0.2) is 14.3 Å². The van der Waals surface area contributed by atoms with Gasteiger partial charge in [-0.2, -0.15) is 5.10 Å². The van der Waals surface area contributed by atoms with Crippen molar-refractivity contribution in [3.63, 3.8) is 0 Å². The maximum Gasteiger partial charge on any atom is 0.338 e. The minimum absolute atomic E-state index is 0.312. The zero-order valence-corrected chi connectivity index (χ0v) is 20.9. The van der Waals surface area contributed by atoms with Crippen LogP contribution in [0.2, 0.25) is 0 Å². The van der Waals surface area contributed by atoms with Crippen molar-refractivity contribution >= 4 is 12.0 Å². The quantitative estimate of drug-likeness (QED) is 0.345. The summed E-state index contributed by atoms with van der Waals surface area (Å²) in [4.78, 5) is 25.6. The van der Waals surface area contributed by atoms with Crippen LogP contribution in [0.4, 0.5) is 4.79 Å². The van der Waals surface area contributed by atoms with Crippen molar-refractivity contribution in [2.24, 2.45) is 0 Å². The fourth-order valence-corrected chi connectivity index (χ4v) is 4.12. The van der Waals surface area contributed by atoms with Crippen LogP contribution >= 0.6 is 0 Å². The third-order valence-electron chi connectivity index (χ3n) is 5.71. The van der Waals surface area contributed by atoms with E-state index in [9.17, 15) is 9.59 Å². The molecule has 4 rings (SSSR count). The Morgan fingerprint density at radius 3 is 2.61 bits per heavy atom. The molecule has 0 saturated heterocycles. The van der Waals surface area contributed by atoms with Gasteiger partial charge in [0, 0.05) is 23.0 Å². The summed E-state index contributed by atoms with van der Waals surface area (Å²) < 4.78 is 13.0. The first-order valence-electron chi connectivity index (χ1n) is 11.8. The van der Waals surface area contributed by atoms with Gasteiger partial charge in [0.25, 0.3) is 0 Å². The van der Waals surface area contributed by atoms with Gasteiger partial charge < -0.3 is 20.1 Å². The summed E-state index contributed by atoms with van der Waals surface area (Å²) in [5.74, 6) is 0.248. The largest absolute Gasteiger partial charge is 0.489 e. The Morgan fingerprint density at radius 2 is 1.94 bits per heavy atom. The second kappa shape index (κ2) is 10.5. The number of carbonyl (C=O) groups is 2. The molecule has 0 bridgehead atoms. The van der Waals surface area contributed by atoms with E-state index in [0.717, 1.165) is 22.6 Å². The normalized spacial score (nSPS) is 15.4. The number of rotatable bonds is 8. The standard InChI is InChI=1S/C28H30N4O4/c1-6-14-35-23-13-12-20(15-18(23)4)25-22(16-32(31-25)21-10-8-7-9-11-21)26-24(27(33)36-17(2)3)19(5)29-28(34)30-26/h6-13,15-17,26H,1,14H2,2-5H3,(H2,29,30,34)/t26-/m1/s1. The van der Waals surface area contributed by atoms with Crippen LogP contribution in [0.3, 0.4) is 0 Å². The van der Waals surface area contributed by atoms with Gasteiger partial charge in [-0.05, 0) is 63.6 Å². The number of aromatic nitrogens is 2. The Bertz CT molecular complexity index is 1320. The molecule has 1 aromatic heterocycles. The third kappa shape index (κ3) is 5.17. The Balaban J connectivity index is 1.87. The number of benzene rings is 2. The molecule has 2 amide bonds. The molecule has 0 unspecified atom stereocenters. The number of carbonyl (C=O) groups excluding carboxylic acids is 2. The minimum Gasteiger partial charge on any atom is -0.489 e. The molecule has 2 N–H and O–H groups in total. The van der Waals surface area contributed by atoms with Crippen molar-refractivity contribution in [2.45, 2.75) is 39.8 Å². The smallest absolute Gasteiger partial charge is 0.338 e. The number of ether oxygens (including phenoxy) is 2. The average molecular weight is 487 g/mol. The van der Waals surface area contributed by atoms with Crippen molar-refractivity contribution < 1.29 is 19.1 Å². The zero-order chi connectivity index (χ0) is 25.8. The fourth-order valence-electron chi connectivity index (χ4n) is 4.12. The number of amides is 2. The number of hydrogen-bond donors (Lipinski definition) is 2. The average Bonchev–Trinajstić information content (AvgIpc) is 3.28. The molecule has 36 heavy (non-hydrogen) atoms. The summed E-state index contributed by atoms with van der Waals surface area (Å²) in [6.07, 6.45) is 3.22. The highest BCUT2D eigenvalue weighted by atomic mass is 16.5. The molecule has 1 aliphatic rings. The summed E-state index contributed by atoms with van der Waals surface area (Å²) >= 11 is 0. The van der Waals surface area contributed by atoms with Crippen LogP contribution in [-0.2, 0) is 9.53 Å². The summed E-state index contributed by atoms with van der Waals surface area (Å²) in [5, 5.41) is 10.5. The van der Waals surface area contributed by atoms with E-state index in [1.165, 1.54) is 0 Å². The summed E-state index contributed by atoms with van der Waals surface area (Å²) in [6.45, 7) is 11.3. The van der Waals surface area contributed by atoms with Gasteiger partial charge in [0.05, 0.1) is 29.1 Å². The van der Waals surface area contributed by atoms with Gasteiger partial charge in [-0.3, -0.25) is 0 Å². The molecule has 2 aromatic carbocycles. The SMILES string of the molecule is C=CCOc1ccc(-c2nn(-c3ccccc3)cc2[C@H]2NC(=O)NC(C)=C2C(=O)OC(C)C)cc1C. The topological polar surface area (TPSA) is 94.5 Å². The van der Waals surface area contributed by atoms with Crippen molar-refractivity contribution in [1.82, 2.24) is 20.4 Å². The van der Waals surface area contributed by atoms with Crippen LogP contribution in [0.15, 0.2) is 78.7 Å². The van der Waals surface area contributed by atoms with E-state index in [1.54, 1.807) is 31.5 Å².